The van der Waals surface area contributed by atoms with Gasteiger partial charge in [0.15, 0.2) is 11.6 Å². The largest absolute Gasteiger partial charge is 0.495 e. The summed E-state index contributed by atoms with van der Waals surface area (Å²) in [4.78, 5) is 6.80. The third-order valence-electron chi connectivity index (χ3n) is 4.81. The molecule has 1 aromatic carbocycles. The molecule has 1 N–H and O–H groups in total. The van der Waals surface area contributed by atoms with Gasteiger partial charge in [0, 0.05) is 25.9 Å². The summed E-state index contributed by atoms with van der Waals surface area (Å²) >= 11 is 0. The zero-order chi connectivity index (χ0) is 18.0. The average molecular weight is 357 g/mol. The van der Waals surface area contributed by atoms with Crippen molar-refractivity contribution in [1.29, 1.82) is 0 Å². The average Bonchev–Trinajstić information content (AvgIpc) is 3.11. The van der Waals surface area contributed by atoms with Crippen LogP contribution in [0.15, 0.2) is 24.4 Å². The number of rotatable bonds is 4. The highest BCUT2D eigenvalue weighted by atomic mass is 16.7. The number of nitrogens with zero attached hydrogens (tertiary/aromatic N) is 4. The summed E-state index contributed by atoms with van der Waals surface area (Å²) in [5, 5.41) is 11.4. The molecule has 3 heterocycles. The predicted octanol–water partition coefficient (Wildman–Crippen LogP) is 2.28. The molecule has 2 aliphatic rings. The van der Waals surface area contributed by atoms with Gasteiger partial charge in [-0.05, 0) is 24.6 Å². The molecule has 0 saturated carbocycles. The van der Waals surface area contributed by atoms with Gasteiger partial charge in [0.1, 0.15) is 5.75 Å². The molecule has 2 saturated heterocycles. The van der Waals surface area contributed by atoms with Gasteiger partial charge in [-0.3, -0.25) is 0 Å². The lowest BCUT2D eigenvalue weighted by atomic mass is 10.0. The third kappa shape index (κ3) is 3.42. The lowest BCUT2D eigenvalue weighted by molar-refractivity contribution is -0.169. The Hall–Kier alpha value is -2.45. The first kappa shape index (κ1) is 17.0. The lowest BCUT2D eigenvalue weighted by Gasteiger charge is -2.37. The van der Waals surface area contributed by atoms with Crippen molar-refractivity contribution in [2.75, 3.05) is 43.6 Å². The number of hydrogen-bond donors (Lipinski definition) is 1. The molecule has 1 aromatic heterocycles. The number of ether oxygens (including phenoxy) is 3. The Morgan fingerprint density at radius 2 is 1.96 bits per heavy atom. The summed E-state index contributed by atoms with van der Waals surface area (Å²) in [7, 11) is 1.64. The monoisotopic (exact) mass is 357 g/mol. The summed E-state index contributed by atoms with van der Waals surface area (Å²) in [6.07, 6.45) is 3.34. The minimum atomic E-state index is -0.396. The van der Waals surface area contributed by atoms with Crippen LogP contribution in [0.3, 0.4) is 0 Å². The lowest BCUT2D eigenvalue weighted by Crippen LogP contribution is -2.45. The van der Waals surface area contributed by atoms with E-state index in [9.17, 15) is 0 Å². The van der Waals surface area contributed by atoms with Crippen LogP contribution in [0.1, 0.15) is 18.4 Å². The van der Waals surface area contributed by atoms with Crippen molar-refractivity contribution in [2.24, 2.45) is 0 Å². The standard InChI is InChI=1S/C18H23N5O3/c1-13-3-4-15(24-2)14(11-13)20-17-21-16(12-19-22-17)23-7-5-18(6-8-23)25-9-10-26-18/h3-4,11-12H,5-10H2,1-2H3,(H,20,21,22). The Morgan fingerprint density at radius 3 is 2.69 bits per heavy atom. The maximum atomic E-state index is 5.78. The molecule has 26 heavy (non-hydrogen) atoms. The van der Waals surface area contributed by atoms with E-state index in [1.807, 2.05) is 25.1 Å². The van der Waals surface area contributed by atoms with Crippen molar-refractivity contribution in [2.45, 2.75) is 25.6 Å². The van der Waals surface area contributed by atoms with Crippen molar-refractivity contribution in [3.05, 3.63) is 30.0 Å². The molecular formula is C18H23N5O3. The SMILES string of the molecule is COc1ccc(C)cc1Nc1nncc(N2CCC3(CC2)OCCO3)n1. The molecule has 138 valence electrons. The topological polar surface area (TPSA) is 81.6 Å². The van der Waals surface area contributed by atoms with Gasteiger partial charge in [-0.15, -0.1) is 5.10 Å². The molecule has 0 unspecified atom stereocenters. The summed E-state index contributed by atoms with van der Waals surface area (Å²) in [5.41, 5.74) is 1.94. The van der Waals surface area contributed by atoms with E-state index in [4.69, 9.17) is 14.2 Å². The Morgan fingerprint density at radius 1 is 1.19 bits per heavy atom. The minimum Gasteiger partial charge on any atom is -0.495 e. The van der Waals surface area contributed by atoms with Crippen LogP contribution in [-0.2, 0) is 9.47 Å². The van der Waals surface area contributed by atoms with Gasteiger partial charge < -0.3 is 24.4 Å². The maximum absolute atomic E-state index is 5.78. The zero-order valence-corrected chi connectivity index (χ0v) is 15.1. The zero-order valence-electron chi connectivity index (χ0n) is 15.1. The van der Waals surface area contributed by atoms with Gasteiger partial charge in [0.05, 0.1) is 32.2 Å². The number of benzene rings is 1. The van der Waals surface area contributed by atoms with Gasteiger partial charge >= 0.3 is 0 Å². The summed E-state index contributed by atoms with van der Waals surface area (Å²) in [6, 6.07) is 5.91. The number of piperidine rings is 1. The van der Waals surface area contributed by atoms with Gasteiger partial charge in [-0.2, -0.15) is 10.1 Å². The highest BCUT2D eigenvalue weighted by Crippen LogP contribution is 2.33. The second-order valence-corrected chi connectivity index (χ2v) is 6.56. The minimum absolute atomic E-state index is 0.396. The number of anilines is 3. The summed E-state index contributed by atoms with van der Waals surface area (Å²) in [5.74, 6) is 1.58. The van der Waals surface area contributed by atoms with E-state index in [0.29, 0.717) is 19.2 Å². The molecule has 0 bridgehead atoms. The third-order valence-corrected chi connectivity index (χ3v) is 4.81. The van der Waals surface area contributed by atoms with E-state index in [-0.39, 0.29) is 0 Å². The van der Waals surface area contributed by atoms with Crippen LogP contribution >= 0.6 is 0 Å². The fourth-order valence-corrected chi connectivity index (χ4v) is 3.40. The van der Waals surface area contributed by atoms with Gasteiger partial charge in [0.25, 0.3) is 0 Å². The second kappa shape index (κ2) is 7.05. The second-order valence-electron chi connectivity index (χ2n) is 6.56. The van der Waals surface area contributed by atoms with Crippen LogP contribution in [-0.4, -0.2) is 54.4 Å². The maximum Gasteiger partial charge on any atom is 0.249 e. The van der Waals surface area contributed by atoms with E-state index >= 15 is 0 Å². The number of aryl methyl sites for hydroxylation is 1. The van der Waals surface area contributed by atoms with Crippen molar-refractivity contribution < 1.29 is 14.2 Å². The smallest absolute Gasteiger partial charge is 0.249 e. The van der Waals surface area contributed by atoms with E-state index in [2.05, 4.69) is 25.4 Å². The highest BCUT2D eigenvalue weighted by molar-refractivity contribution is 5.64. The van der Waals surface area contributed by atoms with Gasteiger partial charge in [-0.1, -0.05) is 6.07 Å². The molecule has 8 heteroatoms. The molecule has 8 nitrogen and oxygen atoms in total. The van der Waals surface area contributed by atoms with Crippen LogP contribution in [0, 0.1) is 6.92 Å². The first-order valence-corrected chi connectivity index (χ1v) is 8.82. The number of nitrogens with one attached hydrogen (secondary N) is 1. The Balaban J connectivity index is 1.48. The number of aromatic nitrogens is 3. The molecule has 2 aromatic rings. The number of hydrogen-bond acceptors (Lipinski definition) is 8. The van der Waals surface area contributed by atoms with Crippen molar-refractivity contribution >= 4 is 17.5 Å². The molecular weight excluding hydrogens is 334 g/mol. The summed E-state index contributed by atoms with van der Waals surface area (Å²) < 4.78 is 17.0. The van der Waals surface area contributed by atoms with Crippen LogP contribution in [0.5, 0.6) is 5.75 Å². The number of methoxy groups -OCH3 is 1. The van der Waals surface area contributed by atoms with E-state index in [1.165, 1.54) is 0 Å². The van der Waals surface area contributed by atoms with Crippen molar-refractivity contribution in [3.63, 3.8) is 0 Å². The first-order valence-electron chi connectivity index (χ1n) is 8.82. The molecule has 1 spiro atoms. The van der Waals surface area contributed by atoms with Crippen LogP contribution in [0.25, 0.3) is 0 Å². The summed E-state index contributed by atoms with van der Waals surface area (Å²) in [6.45, 7) is 5.01. The molecule has 0 atom stereocenters. The molecule has 0 radical (unpaired) electrons. The first-order chi connectivity index (χ1) is 12.7. The van der Waals surface area contributed by atoms with Gasteiger partial charge in [-0.25, -0.2) is 0 Å². The normalized spacial score (nSPS) is 18.9. The molecule has 0 aliphatic carbocycles. The molecule has 0 amide bonds. The molecule has 4 rings (SSSR count). The Kier molecular flexibility index (Phi) is 4.60. The predicted molar refractivity (Wildman–Crippen MR) is 96.9 cm³/mol. The Bertz CT molecular complexity index is 769. The Labute approximate surface area is 152 Å². The molecule has 2 aliphatic heterocycles. The van der Waals surface area contributed by atoms with E-state index in [1.54, 1.807) is 13.3 Å². The fraction of sp³-hybridized carbons (Fsp3) is 0.500. The van der Waals surface area contributed by atoms with E-state index < -0.39 is 5.79 Å². The highest BCUT2D eigenvalue weighted by Gasteiger charge is 2.40. The molecule has 2 fully saturated rings. The van der Waals surface area contributed by atoms with E-state index in [0.717, 1.165) is 48.7 Å². The fourth-order valence-electron chi connectivity index (χ4n) is 3.40. The van der Waals surface area contributed by atoms with Crippen molar-refractivity contribution in [3.8, 4) is 5.75 Å². The van der Waals surface area contributed by atoms with Crippen LogP contribution in [0.2, 0.25) is 0 Å². The van der Waals surface area contributed by atoms with Crippen LogP contribution < -0.4 is 15.0 Å². The van der Waals surface area contributed by atoms with Crippen molar-refractivity contribution in [1.82, 2.24) is 15.2 Å². The van der Waals surface area contributed by atoms with Gasteiger partial charge in [0.2, 0.25) is 5.95 Å². The quantitative estimate of drug-likeness (QED) is 0.892. The van der Waals surface area contributed by atoms with Crippen LogP contribution in [0.4, 0.5) is 17.5 Å².